The van der Waals surface area contributed by atoms with Gasteiger partial charge in [-0.3, -0.25) is 14.8 Å². The van der Waals surface area contributed by atoms with E-state index >= 15 is 0 Å². The molecule has 4 aromatic rings. The molecule has 0 fully saturated rings. The van der Waals surface area contributed by atoms with Crippen molar-refractivity contribution in [1.82, 2.24) is 9.97 Å². The molecule has 0 spiro atoms. The first kappa shape index (κ1) is 19.7. The normalized spacial score (nSPS) is 12.8. The van der Waals surface area contributed by atoms with Gasteiger partial charge < -0.3 is 0 Å². The van der Waals surface area contributed by atoms with Gasteiger partial charge in [-0.25, -0.2) is 0 Å². The highest BCUT2D eigenvalue weighted by molar-refractivity contribution is 5.92. The number of aromatic nitrogens is 2. The second kappa shape index (κ2) is 9.75. The number of nitrogens with zero attached hydrogens (tertiary/aromatic N) is 2. The van der Waals surface area contributed by atoms with Crippen LogP contribution in [-0.4, -0.2) is 15.8 Å². The van der Waals surface area contributed by atoms with Crippen molar-refractivity contribution in [2.24, 2.45) is 0 Å². The summed E-state index contributed by atoms with van der Waals surface area (Å²) in [7, 11) is 0. The van der Waals surface area contributed by atoms with Gasteiger partial charge >= 0.3 is 0 Å². The van der Waals surface area contributed by atoms with Gasteiger partial charge in [0.25, 0.3) is 0 Å². The summed E-state index contributed by atoms with van der Waals surface area (Å²) in [4.78, 5) is 22.3. The monoisotopic (exact) mass is 392 g/mol. The van der Waals surface area contributed by atoms with Gasteiger partial charge in [0.05, 0.1) is 0 Å². The van der Waals surface area contributed by atoms with E-state index in [1.807, 2.05) is 60.7 Å². The van der Waals surface area contributed by atoms with Gasteiger partial charge in [-0.05, 0) is 59.4 Å². The Hall–Kier alpha value is -3.59. The van der Waals surface area contributed by atoms with Crippen LogP contribution in [0, 0.1) is 0 Å². The molecule has 2 aromatic carbocycles. The van der Waals surface area contributed by atoms with Crippen LogP contribution in [0.4, 0.5) is 0 Å². The van der Waals surface area contributed by atoms with E-state index in [0.29, 0.717) is 12.8 Å². The first-order chi connectivity index (χ1) is 14.8. The lowest BCUT2D eigenvalue weighted by atomic mass is 9.78. The Morgan fingerprint density at radius 2 is 0.933 bits per heavy atom. The number of benzene rings is 2. The van der Waals surface area contributed by atoms with Crippen LogP contribution in [0.2, 0.25) is 0 Å². The molecule has 0 amide bonds. The molecule has 30 heavy (non-hydrogen) atoms. The molecular formula is C27H24N2O. The maximum absolute atomic E-state index is 14.0. The van der Waals surface area contributed by atoms with Crippen molar-refractivity contribution in [1.29, 1.82) is 0 Å². The molecule has 0 N–H and O–H groups in total. The summed E-state index contributed by atoms with van der Waals surface area (Å²) in [6.07, 6.45) is 8.46. The minimum atomic E-state index is -0.222. The third kappa shape index (κ3) is 4.87. The maximum atomic E-state index is 14.0. The van der Waals surface area contributed by atoms with Crippen LogP contribution in [0.3, 0.4) is 0 Å². The van der Waals surface area contributed by atoms with Crippen molar-refractivity contribution in [2.45, 2.75) is 24.7 Å². The summed E-state index contributed by atoms with van der Waals surface area (Å²) in [5, 5.41) is 0. The van der Waals surface area contributed by atoms with Crippen molar-refractivity contribution in [3.8, 4) is 0 Å². The highest BCUT2D eigenvalue weighted by atomic mass is 16.1. The zero-order valence-corrected chi connectivity index (χ0v) is 16.8. The first-order valence-electron chi connectivity index (χ1n) is 10.2. The van der Waals surface area contributed by atoms with E-state index in [2.05, 4.69) is 34.2 Å². The third-order valence-electron chi connectivity index (χ3n) is 5.47. The van der Waals surface area contributed by atoms with Gasteiger partial charge in [-0.2, -0.15) is 0 Å². The van der Waals surface area contributed by atoms with E-state index < -0.39 is 0 Å². The Morgan fingerprint density at radius 1 is 0.567 bits per heavy atom. The van der Waals surface area contributed by atoms with Crippen LogP contribution in [0.15, 0.2) is 110 Å². The van der Waals surface area contributed by atoms with E-state index in [1.165, 1.54) is 0 Å². The molecule has 0 saturated carbocycles. The fourth-order valence-electron chi connectivity index (χ4n) is 3.89. The number of rotatable bonds is 8. The zero-order valence-electron chi connectivity index (χ0n) is 16.8. The molecule has 2 atom stereocenters. The van der Waals surface area contributed by atoms with E-state index in [-0.39, 0.29) is 17.6 Å². The highest BCUT2D eigenvalue weighted by Gasteiger charge is 2.29. The molecule has 148 valence electrons. The number of pyridine rings is 2. The predicted octanol–water partition coefficient (Wildman–Crippen LogP) is 5.40. The predicted molar refractivity (Wildman–Crippen MR) is 119 cm³/mol. The molecule has 0 aliphatic carbocycles. The van der Waals surface area contributed by atoms with Crippen LogP contribution in [-0.2, 0) is 17.6 Å². The van der Waals surface area contributed by atoms with Crippen LogP contribution >= 0.6 is 0 Å². The third-order valence-corrected chi connectivity index (χ3v) is 5.47. The molecule has 0 aliphatic heterocycles. The summed E-state index contributed by atoms with van der Waals surface area (Å²) in [6, 6.07) is 28.2. The van der Waals surface area contributed by atoms with E-state index in [0.717, 1.165) is 22.3 Å². The van der Waals surface area contributed by atoms with Crippen molar-refractivity contribution in [2.75, 3.05) is 0 Å². The maximum Gasteiger partial charge on any atom is 0.148 e. The number of Topliss-reactive ketones (excluding diaryl/α,β-unsaturated/α-hetero) is 1. The Bertz CT molecular complexity index is 964. The lowest BCUT2D eigenvalue weighted by molar-refractivity contribution is -0.122. The highest BCUT2D eigenvalue weighted by Crippen LogP contribution is 2.31. The van der Waals surface area contributed by atoms with E-state index in [4.69, 9.17) is 0 Å². The lowest BCUT2D eigenvalue weighted by Crippen LogP contribution is -2.24. The zero-order chi connectivity index (χ0) is 20.6. The van der Waals surface area contributed by atoms with Gasteiger partial charge in [0.1, 0.15) is 5.78 Å². The molecule has 2 heterocycles. The lowest BCUT2D eigenvalue weighted by Gasteiger charge is -2.24. The van der Waals surface area contributed by atoms with Crippen LogP contribution < -0.4 is 0 Å². The van der Waals surface area contributed by atoms with Gasteiger partial charge in [0.2, 0.25) is 0 Å². The van der Waals surface area contributed by atoms with E-state index in [1.54, 1.807) is 24.8 Å². The molecule has 4 rings (SSSR count). The van der Waals surface area contributed by atoms with Crippen LogP contribution in [0.25, 0.3) is 0 Å². The minimum Gasteiger partial charge on any atom is -0.298 e. The number of hydrogen-bond acceptors (Lipinski definition) is 3. The number of carbonyl (C=O) groups is 1. The average molecular weight is 393 g/mol. The van der Waals surface area contributed by atoms with Crippen LogP contribution in [0.1, 0.15) is 34.1 Å². The summed E-state index contributed by atoms with van der Waals surface area (Å²) in [5.41, 5.74) is 4.33. The van der Waals surface area contributed by atoms with Gasteiger partial charge in [0.15, 0.2) is 0 Å². The molecule has 0 radical (unpaired) electrons. The van der Waals surface area contributed by atoms with Gasteiger partial charge in [0, 0.05) is 36.6 Å². The van der Waals surface area contributed by atoms with Crippen molar-refractivity contribution in [3.63, 3.8) is 0 Å². The Kier molecular flexibility index (Phi) is 6.41. The molecular weight excluding hydrogens is 368 g/mol. The second-order valence-electron chi connectivity index (χ2n) is 7.45. The quantitative estimate of drug-likeness (QED) is 0.403. The molecule has 2 unspecified atom stereocenters. The largest absolute Gasteiger partial charge is 0.298 e. The van der Waals surface area contributed by atoms with Crippen molar-refractivity contribution < 1.29 is 4.79 Å². The molecule has 3 nitrogen and oxygen atoms in total. The number of hydrogen-bond donors (Lipinski definition) is 0. The smallest absolute Gasteiger partial charge is 0.148 e. The topological polar surface area (TPSA) is 42.9 Å². The fraction of sp³-hybridized carbons (Fsp3) is 0.148. The number of carbonyl (C=O) groups excluding carboxylic acids is 1. The SMILES string of the molecule is O=C(C(Cc1ccncc1)c1ccccc1)C(Cc1ccncc1)c1ccccc1. The molecule has 0 saturated heterocycles. The van der Waals surface area contributed by atoms with Crippen molar-refractivity contribution in [3.05, 3.63) is 132 Å². The summed E-state index contributed by atoms with van der Waals surface area (Å²) in [5.74, 6) is -0.206. The molecule has 0 aliphatic rings. The van der Waals surface area contributed by atoms with Crippen LogP contribution in [0.5, 0.6) is 0 Å². The second-order valence-corrected chi connectivity index (χ2v) is 7.45. The number of ketones is 1. The molecule has 2 aromatic heterocycles. The Balaban J connectivity index is 1.71. The minimum absolute atomic E-state index is 0.222. The van der Waals surface area contributed by atoms with Crippen molar-refractivity contribution >= 4 is 5.78 Å². The Morgan fingerprint density at radius 3 is 1.30 bits per heavy atom. The fourth-order valence-corrected chi connectivity index (χ4v) is 3.89. The molecule has 0 bridgehead atoms. The van der Waals surface area contributed by atoms with E-state index in [9.17, 15) is 4.79 Å². The standard InChI is InChI=1S/C27H24N2O/c30-27(25(23-7-3-1-4-8-23)19-21-11-15-28-16-12-21)26(24-9-5-2-6-10-24)20-22-13-17-29-18-14-22/h1-18,25-26H,19-20H2. The molecule has 3 heteroatoms. The average Bonchev–Trinajstić information content (AvgIpc) is 2.83. The summed E-state index contributed by atoms with van der Waals surface area (Å²) in [6.45, 7) is 0. The summed E-state index contributed by atoms with van der Waals surface area (Å²) >= 11 is 0. The van der Waals surface area contributed by atoms with Gasteiger partial charge in [-0.15, -0.1) is 0 Å². The Labute approximate surface area is 177 Å². The first-order valence-corrected chi connectivity index (χ1v) is 10.2. The van der Waals surface area contributed by atoms with Gasteiger partial charge in [-0.1, -0.05) is 60.7 Å². The summed E-state index contributed by atoms with van der Waals surface area (Å²) < 4.78 is 0.